The zero-order chi connectivity index (χ0) is 23.5. The Balaban J connectivity index is 2.08. The van der Waals surface area contributed by atoms with E-state index in [-0.39, 0.29) is 17.9 Å². The topological polar surface area (TPSA) is 49.4 Å². The highest BCUT2D eigenvalue weighted by Gasteiger charge is 2.28. The molecule has 5 heteroatoms. The number of carbonyl (C=O) groups excluding carboxylic acids is 2. The van der Waals surface area contributed by atoms with Crippen LogP contribution in [0.4, 0.5) is 0 Å². The van der Waals surface area contributed by atoms with Gasteiger partial charge in [-0.05, 0) is 51.2 Å². The van der Waals surface area contributed by atoms with Crippen molar-refractivity contribution in [1.82, 2.24) is 10.2 Å². The molecule has 0 aliphatic rings. The number of hydrogen-bond donors (Lipinski definition) is 1. The third kappa shape index (κ3) is 8.34. The van der Waals surface area contributed by atoms with Crippen molar-refractivity contribution in [2.24, 2.45) is 0 Å². The molecule has 2 atom stereocenters. The van der Waals surface area contributed by atoms with Gasteiger partial charge in [0.2, 0.25) is 11.8 Å². The minimum Gasteiger partial charge on any atom is -0.352 e. The number of aryl methyl sites for hydroxylation is 2. The number of carbonyl (C=O) groups is 2. The minimum atomic E-state index is -0.443. The van der Waals surface area contributed by atoms with Crippen LogP contribution in [0, 0.1) is 13.8 Å². The number of thioether (sulfide) groups is 1. The highest BCUT2D eigenvalue weighted by Crippen LogP contribution is 2.18. The first-order valence-electron chi connectivity index (χ1n) is 11.6. The number of benzene rings is 2. The summed E-state index contributed by atoms with van der Waals surface area (Å²) in [5.74, 6) is 1.13. The van der Waals surface area contributed by atoms with Gasteiger partial charge in [-0.3, -0.25) is 9.59 Å². The van der Waals surface area contributed by atoms with E-state index in [0.29, 0.717) is 18.7 Å². The summed E-state index contributed by atoms with van der Waals surface area (Å²) in [6, 6.07) is 16.3. The number of hydrogen-bond acceptors (Lipinski definition) is 3. The Labute approximate surface area is 198 Å². The lowest BCUT2D eigenvalue weighted by Crippen LogP contribution is -2.52. The number of nitrogens with one attached hydrogen (secondary N) is 1. The molecule has 174 valence electrons. The summed E-state index contributed by atoms with van der Waals surface area (Å²) in [5, 5.41) is 3.07. The molecular formula is C27H38N2O2S. The Morgan fingerprint density at radius 2 is 1.62 bits per heavy atom. The highest BCUT2D eigenvalue weighted by atomic mass is 32.2. The number of rotatable bonds is 12. The average molecular weight is 455 g/mol. The maximum Gasteiger partial charge on any atom is 0.243 e. The quantitative estimate of drug-likeness (QED) is 0.473. The fourth-order valence-electron chi connectivity index (χ4n) is 3.83. The van der Waals surface area contributed by atoms with Crippen LogP contribution in [0.1, 0.15) is 55.9 Å². The van der Waals surface area contributed by atoms with E-state index in [9.17, 15) is 9.59 Å². The van der Waals surface area contributed by atoms with Crippen LogP contribution < -0.4 is 5.32 Å². The van der Waals surface area contributed by atoms with Gasteiger partial charge in [-0.25, -0.2) is 0 Å². The molecule has 1 N–H and O–H groups in total. The molecule has 0 unspecified atom stereocenters. The van der Waals surface area contributed by atoms with E-state index in [4.69, 9.17) is 0 Å². The predicted molar refractivity (Wildman–Crippen MR) is 136 cm³/mol. The van der Waals surface area contributed by atoms with E-state index in [2.05, 4.69) is 49.5 Å². The normalized spacial score (nSPS) is 12.8. The van der Waals surface area contributed by atoms with Crippen molar-refractivity contribution in [2.45, 2.75) is 71.7 Å². The second-order valence-corrected chi connectivity index (χ2v) is 9.54. The lowest BCUT2D eigenvalue weighted by molar-refractivity contribution is -0.139. The molecule has 2 amide bonds. The summed E-state index contributed by atoms with van der Waals surface area (Å²) < 4.78 is 0. The summed E-state index contributed by atoms with van der Waals surface area (Å²) in [6.45, 7) is 10.8. The first-order valence-corrected chi connectivity index (χ1v) is 12.8. The average Bonchev–Trinajstić information content (AvgIpc) is 2.76. The Morgan fingerprint density at radius 3 is 2.22 bits per heavy atom. The Bertz CT molecular complexity index is 849. The molecule has 0 saturated carbocycles. The zero-order valence-electron chi connectivity index (χ0n) is 20.2. The van der Waals surface area contributed by atoms with E-state index in [1.807, 2.05) is 39.0 Å². The van der Waals surface area contributed by atoms with Crippen molar-refractivity contribution in [2.75, 3.05) is 12.3 Å². The van der Waals surface area contributed by atoms with Gasteiger partial charge < -0.3 is 10.2 Å². The van der Waals surface area contributed by atoms with Gasteiger partial charge in [-0.2, -0.15) is 0 Å². The van der Waals surface area contributed by atoms with Crippen LogP contribution in [0.5, 0.6) is 0 Å². The molecule has 0 fully saturated rings. The van der Waals surface area contributed by atoms with Crippen LogP contribution >= 0.6 is 11.8 Å². The third-order valence-corrected chi connectivity index (χ3v) is 6.64. The van der Waals surface area contributed by atoms with Gasteiger partial charge in [0.15, 0.2) is 0 Å². The van der Waals surface area contributed by atoms with Crippen LogP contribution in [0.3, 0.4) is 0 Å². The largest absolute Gasteiger partial charge is 0.352 e. The van der Waals surface area contributed by atoms with Crippen molar-refractivity contribution in [3.05, 3.63) is 70.8 Å². The molecular weight excluding hydrogens is 416 g/mol. The molecule has 0 aliphatic heterocycles. The molecule has 2 aromatic rings. The van der Waals surface area contributed by atoms with Crippen molar-refractivity contribution >= 4 is 23.6 Å². The van der Waals surface area contributed by atoms with Crippen LogP contribution in [-0.2, 0) is 21.8 Å². The molecule has 0 saturated heterocycles. The molecule has 32 heavy (non-hydrogen) atoms. The van der Waals surface area contributed by atoms with Gasteiger partial charge in [0.1, 0.15) is 6.04 Å². The van der Waals surface area contributed by atoms with Gasteiger partial charge >= 0.3 is 0 Å². The summed E-state index contributed by atoms with van der Waals surface area (Å²) in [4.78, 5) is 28.0. The van der Waals surface area contributed by atoms with Gasteiger partial charge in [0.05, 0.1) is 5.75 Å². The fraction of sp³-hybridized carbons (Fsp3) is 0.481. The number of nitrogens with zero attached hydrogens (tertiary/aromatic N) is 1. The second kappa shape index (κ2) is 13.3. The Morgan fingerprint density at radius 1 is 0.969 bits per heavy atom. The van der Waals surface area contributed by atoms with E-state index in [1.54, 1.807) is 16.7 Å². The standard InChI is InChI=1S/C27H38N2O2S/c1-6-22(5)28-27(31)25(7-2)29(14-13-23-11-9-8-10-12-23)26(30)19-32-18-24-16-20(3)15-21(4)17-24/h8-12,15-17,22,25H,6-7,13-14,18-19H2,1-5H3,(H,28,31)/t22-,25+/m0/s1. The molecule has 0 aromatic heterocycles. The first kappa shape index (κ1) is 26.0. The lowest BCUT2D eigenvalue weighted by atomic mass is 10.1. The van der Waals surface area contributed by atoms with E-state index in [1.165, 1.54) is 22.3 Å². The van der Waals surface area contributed by atoms with Gasteiger partial charge in [-0.15, -0.1) is 11.8 Å². The van der Waals surface area contributed by atoms with Crippen LogP contribution in [0.25, 0.3) is 0 Å². The predicted octanol–water partition coefficient (Wildman–Crippen LogP) is 5.30. The van der Waals surface area contributed by atoms with Crippen molar-refractivity contribution in [3.8, 4) is 0 Å². The van der Waals surface area contributed by atoms with Gasteiger partial charge in [0.25, 0.3) is 0 Å². The molecule has 0 bridgehead atoms. The summed E-state index contributed by atoms with van der Waals surface area (Å²) in [5.41, 5.74) is 4.89. The van der Waals surface area contributed by atoms with E-state index < -0.39 is 6.04 Å². The molecule has 0 spiro atoms. The van der Waals surface area contributed by atoms with Gasteiger partial charge in [-0.1, -0.05) is 73.5 Å². The molecule has 0 radical (unpaired) electrons. The summed E-state index contributed by atoms with van der Waals surface area (Å²) in [7, 11) is 0. The summed E-state index contributed by atoms with van der Waals surface area (Å²) >= 11 is 1.62. The first-order chi connectivity index (χ1) is 15.3. The van der Waals surface area contributed by atoms with Crippen LogP contribution in [-0.4, -0.2) is 41.1 Å². The molecule has 0 aliphatic carbocycles. The molecule has 2 aromatic carbocycles. The van der Waals surface area contributed by atoms with Gasteiger partial charge in [0, 0.05) is 18.3 Å². The highest BCUT2D eigenvalue weighted by molar-refractivity contribution is 7.99. The smallest absolute Gasteiger partial charge is 0.243 e. The minimum absolute atomic E-state index is 0.0291. The lowest BCUT2D eigenvalue weighted by Gasteiger charge is -2.31. The van der Waals surface area contributed by atoms with E-state index >= 15 is 0 Å². The molecule has 4 nitrogen and oxygen atoms in total. The third-order valence-electron chi connectivity index (χ3n) is 5.65. The Hall–Kier alpha value is -2.27. The zero-order valence-corrected chi connectivity index (χ0v) is 21.0. The fourth-order valence-corrected chi connectivity index (χ4v) is 4.67. The van der Waals surface area contributed by atoms with Crippen molar-refractivity contribution in [3.63, 3.8) is 0 Å². The maximum absolute atomic E-state index is 13.3. The summed E-state index contributed by atoms with van der Waals surface area (Å²) in [6.07, 6.45) is 2.21. The molecule has 2 rings (SSSR count). The molecule has 0 heterocycles. The van der Waals surface area contributed by atoms with Crippen LogP contribution in [0.15, 0.2) is 48.5 Å². The Kier molecular flexibility index (Phi) is 10.8. The number of amides is 2. The van der Waals surface area contributed by atoms with E-state index in [0.717, 1.165) is 18.6 Å². The maximum atomic E-state index is 13.3. The van der Waals surface area contributed by atoms with Crippen molar-refractivity contribution in [1.29, 1.82) is 0 Å². The van der Waals surface area contributed by atoms with Crippen LogP contribution in [0.2, 0.25) is 0 Å². The second-order valence-electron chi connectivity index (χ2n) is 8.55. The SMILES string of the molecule is CC[C@H](C(=O)N[C@@H](C)CC)N(CCc1ccccc1)C(=O)CSCc1cc(C)cc(C)c1. The van der Waals surface area contributed by atoms with Crippen molar-refractivity contribution < 1.29 is 9.59 Å². The monoisotopic (exact) mass is 454 g/mol.